The van der Waals surface area contributed by atoms with Crippen LogP contribution in [-0.2, 0) is 13.6 Å². The van der Waals surface area contributed by atoms with Crippen LogP contribution in [-0.4, -0.2) is 54.7 Å². The van der Waals surface area contributed by atoms with E-state index in [1.807, 2.05) is 36.7 Å². The lowest BCUT2D eigenvalue weighted by molar-refractivity contribution is 0.0577. The third-order valence-corrected chi connectivity index (χ3v) is 7.23. The van der Waals surface area contributed by atoms with Crippen molar-refractivity contribution in [2.24, 2.45) is 7.05 Å². The molecule has 1 saturated heterocycles. The number of pyridine rings is 1. The fraction of sp³-hybridized carbons (Fsp3) is 0.290. The van der Waals surface area contributed by atoms with Gasteiger partial charge in [-0.15, -0.1) is 0 Å². The molecular formula is C31H33N7O2. The molecule has 4 heterocycles. The number of fused-ring (bicyclic) bond motifs is 1. The maximum atomic E-state index is 12.0. The quantitative estimate of drug-likeness (QED) is 0.341. The van der Waals surface area contributed by atoms with Gasteiger partial charge in [0.2, 0.25) is 5.56 Å². The van der Waals surface area contributed by atoms with Crippen LogP contribution in [0.2, 0.25) is 0 Å². The van der Waals surface area contributed by atoms with Gasteiger partial charge in [0.15, 0.2) is 5.82 Å². The van der Waals surface area contributed by atoms with Gasteiger partial charge in [-0.05, 0) is 48.7 Å². The Morgan fingerprint density at radius 3 is 2.58 bits per heavy atom. The van der Waals surface area contributed by atoms with E-state index in [4.69, 9.17) is 9.97 Å². The highest BCUT2D eigenvalue weighted by atomic mass is 16.3. The first-order chi connectivity index (χ1) is 19.2. The summed E-state index contributed by atoms with van der Waals surface area (Å²) in [6.45, 7) is 6.31. The van der Waals surface area contributed by atoms with Crippen LogP contribution in [0.1, 0.15) is 25.5 Å². The number of aliphatic hydroxyl groups is 1. The molecule has 0 radical (unpaired) electrons. The number of piperazine rings is 1. The Labute approximate surface area is 232 Å². The molecule has 0 unspecified atom stereocenters. The Morgan fingerprint density at radius 2 is 1.80 bits per heavy atom. The Bertz CT molecular complexity index is 1720. The molecule has 5 aromatic rings. The second-order valence-corrected chi connectivity index (χ2v) is 11.0. The standard InChI is InChI=1S/C31H33N7O2/c1-31(2,40)20-37-19-24(16-33-37)29-34-26-11-9-22(23-10-12-28(39)36(3)18-23)15-25(26)30(35-29)38-14-13-32-17-27(38)21-7-5-4-6-8-21/h4-12,15-16,18-19,27,32,40H,13-14,17,20H2,1-3H3/t27-/m1/s1. The van der Waals surface area contributed by atoms with E-state index in [0.717, 1.165) is 53.0 Å². The molecule has 1 fully saturated rings. The molecule has 0 saturated carbocycles. The number of benzene rings is 2. The molecule has 6 rings (SSSR count). The number of aryl methyl sites for hydroxylation is 1. The smallest absolute Gasteiger partial charge is 0.250 e. The molecule has 204 valence electrons. The van der Waals surface area contributed by atoms with Gasteiger partial charge in [-0.25, -0.2) is 9.97 Å². The van der Waals surface area contributed by atoms with E-state index in [-0.39, 0.29) is 11.6 Å². The number of aromatic nitrogens is 5. The zero-order valence-electron chi connectivity index (χ0n) is 23.0. The summed E-state index contributed by atoms with van der Waals surface area (Å²) in [5, 5.41) is 19.2. The average molecular weight is 536 g/mol. The molecule has 40 heavy (non-hydrogen) atoms. The van der Waals surface area contributed by atoms with Gasteiger partial charge in [0.05, 0.1) is 35.5 Å². The third-order valence-electron chi connectivity index (χ3n) is 7.23. The molecule has 0 spiro atoms. The van der Waals surface area contributed by atoms with Crippen LogP contribution in [0.4, 0.5) is 5.82 Å². The van der Waals surface area contributed by atoms with Gasteiger partial charge in [-0.1, -0.05) is 36.4 Å². The number of hydrogen-bond donors (Lipinski definition) is 2. The first-order valence-corrected chi connectivity index (χ1v) is 13.5. The fourth-order valence-electron chi connectivity index (χ4n) is 5.30. The summed E-state index contributed by atoms with van der Waals surface area (Å²) in [7, 11) is 1.76. The summed E-state index contributed by atoms with van der Waals surface area (Å²) in [6, 6.07) is 20.2. The Hall–Kier alpha value is -4.34. The van der Waals surface area contributed by atoms with Crippen molar-refractivity contribution >= 4 is 16.7 Å². The van der Waals surface area contributed by atoms with E-state index in [0.29, 0.717) is 12.4 Å². The van der Waals surface area contributed by atoms with E-state index in [1.165, 1.54) is 5.56 Å². The minimum absolute atomic E-state index is 0.0464. The number of anilines is 1. The highest BCUT2D eigenvalue weighted by Gasteiger charge is 2.28. The van der Waals surface area contributed by atoms with Crippen LogP contribution < -0.4 is 15.8 Å². The molecule has 1 aliphatic rings. The number of nitrogens with zero attached hydrogens (tertiary/aromatic N) is 6. The van der Waals surface area contributed by atoms with Crippen LogP contribution in [0.15, 0.2) is 84.0 Å². The van der Waals surface area contributed by atoms with Crippen molar-refractivity contribution in [3.8, 4) is 22.5 Å². The summed E-state index contributed by atoms with van der Waals surface area (Å²) in [5.74, 6) is 1.45. The highest BCUT2D eigenvalue weighted by Crippen LogP contribution is 2.35. The van der Waals surface area contributed by atoms with Crippen LogP contribution in [0, 0.1) is 0 Å². The number of hydrogen-bond acceptors (Lipinski definition) is 7. The van der Waals surface area contributed by atoms with Crippen LogP contribution in [0.5, 0.6) is 0 Å². The third kappa shape index (κ3) is 5.25. The minimum Gasteiger partial charge on any atom is -0.389 e. The Kier molecular flexibility index (Phi) is 6.69. The van der Waals surface area contributed by atoms with Gasteiger partial charge in [-0.2, -0.15) is 5.10 Å². The van der Waals surface area contributed by atoms with Crippen molar-refractivity contribution in [2.75, 3.05) is 24.5 Å². The molecule has 2 aromatic carbocycles. The predicted molar refractivity (Wildman–Crippen MR) is 157 cm³/mol. The maximum Gasteiger partial charge on any atom is 0.250 e. The van der Waals surface area contributed by atoms with E-state index >= 15 is 0 Å². The van der Waals surface area contributed by atoms with Crippen LogP contribution in [0.25, 0.3) is 33.4 Å². The second-order valence-electron chi connectivity index (χ2n) is 11.0. The van der Waals surface area contributed by atoms with Crippen molar-refractivity contribution in [1.82, 2.24) is 29.6 Å². The zero-order valence-corrected chi connectivity index (χ0v) is 23.0. The van der Waals surface area contributed by atoms with Crippen molar-refractivity contribution in [1.29, 1.82) is 0 Å². The SMILES string of the molecule is Cn1cc(-c2ccc3nc(-c4cnn(CC(C)(C)O)c4)nc(N4CCNC[C@@H]4c4ccccc4)c3c2)ccc1=O. The Morgan fingerprint density at radius 1 is 1.00 bits per heavy atom. The first kappa shape index (κ1) is 25.9. The normalized spacial score (nSPS) is 16.0. The fourth-order valence-corrected chi connectivity index (χ4v) is 5.30. The second kappa shape index (κ2) is 10.3. The summed E-state index contributed by atoms with van der Waals surface area (Å²) in [5.41, 5.74) is 3.84. The monoisotopic (exact) mass is 535 g/mol. The lowest BCUT2D eigenvalue weighted by Gasteiger charge is -2.38. The molecule has 2 N–H and O–H groups in total. The molecule has 9 nitrogen and oxygen atoms in total. The van der Waals surface area contributed by atoms with E-state index in [9.17, 15) is 9.90 Å². The lowest BCUT2D eigenvalue weighted by atomic mass is 10.0. The summed E-state index contributed by atoms with van der Waals surface area (Å²) >= 11 is 0. The summed E-state index contributed by atoms with van der Waals surface area (Å²) in [6.07, 6.45) is 5.49. The highest BCUT2D eigenvalue weighted by molar-refractivity contribution is 5.94. The molecule has 0 bridgehead atoms. The van der Waals surface area contributed by atoms with Crippen LogP contribution in [0.3, 0.4) is 0 Å². The molecule has 1 aliphatic heterocycles. The van der Waals surface area contributed by atoms with Gasteiger partial charge in [0.1, 0.15) is 5.82 Å². The molecule has 9 heteroatoms. The van der Waals surface area contributed by atoms with E-state index in [1.54, 1.807) is 42.4 Å². The van der Waals surface area contributed by atoms with E-state index < -0.39 is 5.60 Å². The molecule has 0 aliphatic carbocycles. The zero-order chi connectivity index (χ0) is 27.9. The van der Waals surface area contributed by atoms with Crippen LogP contribution >= 0.6 is 0 Å². The topological polar surface area (TPSA) is 101 Å². The number of rotatable bonds is 6. The molecular weight excluding hydrogens is 502 g/mol. The van der Waals surface area contributed by atoms with Gasteiger partial charge in [-0.3, -0.25) is 9.48 Å². The summed E-state index contributed by atoms with van der Waals surface area (Å²) < 4.78 is 3.32. The average Bonchev–Trinajstić information content (AvgIpc) is 3.41. The summed E-state index contributed by atoms with van der Waals surface area (Å²) in [4.78, 5) is 24.5. The van der Waals surface area contributed by atoms with Gasteiger partial charge in [0, 0.05) is 50.5 Å². The lowest BCUT2D eigenvalue weighted by Crippen LogP contribution is -2.46. The minimum atomic E-state index is -0.889. The van der Waals surface area contributed by atoms with E-state index in [2.05, 4.69) is 45.6 Å². The van der Waals surface area contributed by atoms with Gasteiger partial charge >= 0.3 is 0 Å². The number of nitrogens with one attached hydrogen (secondary N) is 1. The molecule has 3 aromatic heterocycles. The largest absolute Gasteiger partial charge is 0.389 e. The van der Waals surface area contributed by atoms with Crippen molar-refractivity contribution in [2.45, 2.75) is 32.0 Å². The first-order valence-electron chi connectivity index (χ1n) is 13.5. The van der Waals surface area contributed by atoms with Gasteiger partial charge < -0.3 is 19.9 Å². The maximum absolute atomic E-state index is 12.0. The van der Waals surface area contributed by atoms with Crippen molar-refractivity contribution in [3.05, 3.63) is 95.2 Å². The molecule has 0 amide bonds. The van der Waals surface area contributed by atoms with Crippen molar-refractivity contribution in [3.63, 3.8) is 0 Å². The predicted octanol–water partition coefficient (Wildman–Crippen LogP) is 3.78. The van der Waals surface area contributed by atoms with Crippen molar-refractivity contribution < 1.29 is 5.11 Å². The Balaban J connectivity index is 1.52. The molecule has 1 atom stereocenters. The van der Waals surface area contributed by atoms with Gasteiger partial charge in [0.25, 0.3) is 0 Å².